The third-order valence-corrected chi connectivity index (χ3v) is 5.26. The van der Waals surface area contributed by atoms with Gasteiger partial charge in [-0.05, 0) is 50.2 Å². The maximum atomic E-state index is 12.4. The largest absolute Gasteiger partial charge is 0.497 e. The number of benzene rings is 1. The first kappa shape index (κ1) is 19.9. The van der Waals surface area contributed by atoms with Gasteiger partial charge in [0.05, 0.1) is 12.9 Å². The monoisotopic (exact) mass is 397 g/mol. The summed E-state index contributed by atoms with van der Waals surface area (Å²) in [7, 11) is 1.64. The van der Waals surface area contributed by atoms with Gasteiger partial charge in [0, 0.05) is 36.7 Å². The molecule has 2 aromatic heterocycles. The van der Waals surface area contributed by atoms with Gasteiger partial charge < -0.3 is 9.64 Å². The average molecular weight is 398 g/mol. The number of nitrogens with zero attached hydrogens (tertiary/aromatic N) is 5. The van der Waals surface area contributed by atoms with Gasteiger partial charge in [-0.3, -0.25) is 14.3 Å². The molecule has 3 rings (SSSR count). The van der Waals surface area contributed by atoms with Crippen molar-refractivity contribution in [2.75, 3.05) is 26.0 Å². The van der Waals surface area contributed by atoms with Crippen molar-refractivity contribution in [1.82, 2.24) is 24.6 Å². The molecule has 7 nitrogen and oxygen atoms in total. The minimum Gasteiger partial charge on any atom is -0.497 e. The van der Waals surface area contributed by atoms with Crippen LogP contribution in [0.25, 0.3) is 17.1 Å². The van der Waals surface area contributed by atoms with E-state index >= 15 is 0 Å². The number of amides is 1. The summed E-state index contributed by atoms with van der Waals surface area (Å²) in [5.74, 6) is 1.87. The van der Waals surface area contributed by atoms with E-state index in [9.17, 15) is 4.79 Å². The van der Waals surface area contributed by atoms with Crippen LogP contribution in [0.3, 0.4) is 0 Å². The van der Waals surface area contributed by atoms with Crippen molar-refractivity contribution in [3.8, 4) is 22.8 Å². The number of hydrogen-bond acceptors (Lipinski definition) is 6. The Balaban J connectivity index is 1.96. The van der Waals surface area contributed by atoms with Gasteiger partial charge in [-0.15, -0.1) is 10.2 Å². The molecule has 3 aromatic rings. The summed E-state index contributed by atoms with van der Waals surface area (Å²) in [6.07, 6.45) is 3.44. The van der Waals surface area contributed by atoms with E-state index in [2.05, 4.69) is 15.2 Å². The quantitative estimate of drug-likeness (QED) is 0.543. The van der Waals surface area contributed by atoms with Crippen LogP contribution in [0.15, 0.2) is 53.9 Å². The first-order valence-electron chi connectivity index (χ1n) is 9.08. The van der Waals surface area contributed by atoms with Gasteiger partial charge in [-0.2, -0.15) is 0 Å². The van der Waals surface area contributed by atoms with Crippen LogP contribution in [0.5, 0.6) is 5.75 Å². The second-order valence-electron chi connectivity index (χ2n) is 5.93. The molecule has 0 atom stereocenters. The summed E-state index contributed by atoms with van der Waals surface area (Å²) < 4.78 is 7.21. The maximum absolute atomic E-state index is 12.4. The molecule has 8 heteroatoms. The van der Waals surface area contributed by atoms with E-state index in [0.717, 1.165) is 17.0 Å². The lowest BCUT2D eigenvalue weighted by Crippen LogP contribution is -2.31. The van der Waals surface area contributed by atoms with Gasteiger partial charge in [-0.1, -0.05) is 11.8 Å². The lowest BCUT2D eigenvalue weighted by molar-refractivity contribution is -0.127. The number of thioether (sulfide) groups is 1. The third kappa shape index (κ3) is 4.33. The molecule has 0 N–H and O–H groups in total. The summed E-state index contributed by atoms with van der Waals surface area (Å²) >= 11 is 1.39. The van der Waals surface area contributed by atoms with E-state index in [1.54, 1.807) is 19.5 Å². The van der Waals surface area contributed by atoms with Crippen molar-refractivity contribution in [3.63, 3.8) is 0 Å². The van der Waals surface area contributed by atoms with E-state index < -0.39 is 0 Å². The van der Waals surface area contributed by atoms with Crippen molar-refractivity contribution in [2.24, 2.45) is 0 Å². The molecule has 0 saturated carbocycles. The van der Waals surface area contributed by atoms with Crippen LogP contribution >= 0.6 is 11.8 Å². The Morgan fingerprint density at radius 3 is 2.36 bits per heavy atom. The van der Waals surface area contributed by atoms with Crippen molar-refractivity contribution in [3.05, 3.63) is 48.8 Å². The molecular weight excluding hydrogens is 374 g/mol. The molecule has 0 aliphatic carbocycles. The smallest absolute Gasteiger partial charge is 0.233 e. The zero-order valence-corrected chi connectivity index (χ0v) is 17.0. The van der Waals surface area contributed by atoms with Crippen molar-refractivity contribution in [2.45, 2.75) is 19.0 Å². The Bertz CT molecular complexity index is 908. The zero-order valence-electron chi connectivity index (χ0n) is 16.2. The zero-order chi connectivity index (χ0) is 19.9. The molecule has 1 aromatic carbocycles. The van der Waals surface area contributed by atoms with Gasteiger partial charge in [0.15, 0.2) is 11.0 Å². The molecule has 0 fully saturated rings. The van der Waals surface area contributed by atoms with E-state index in [1.165, 1.54) is 11.8 Å². The number of carbonyl (C=O) groups is 1. The maximum Gasteiger partial charge on any atom is 0.233 e. The van der Waals surface area contributed by atoms with Crippen LogP contribution in [0, 0.1) is 0 Å². The highest BCUT2D eigenvalue weighted by molar-refractivity contribution is 7.99. The van der Waals surface area contributed by atoms with Crippen molar-refractivity contribution >= 4 is 17.7 Å². The number of hydrogen-bond donors (Lipinski definition) is 0. The molecule has 28 heavy (non-hydrogen) atoms. The van der Waals surface area contributed by atoms with Crippen LogP contribution < -0.4 is 4.74 Å². The molecule has 1 amide bonds. The lowest BCUT2D eigenvalue weighted by Gasteiger charge is -2.18. The van der Waals surface area contributed by atoms with Gasteiger partial charge in [-0.25, -0.2) is 0 Å². The fourth-order valence-electron chi connectivity index (χ4n) is 2.81. The molecule has 0 bridgehead atoms. The highest BCUT2D eigenvalue weighted by Crippen LogP contribution is 2.28. The SMILES string of the molecule is CCN(CC)C(=O)CSc1nnc(-c2ccncc2)n1-c1ccc(OC)cc1. The molecule has 0 spiro atoms. The van der Waals surface area contributed by atoms with Gasteiger partial charge >= 0.3 is 0 Å². The molecule has 0 saturated heterocycles. The minimum absolute atomic E-state index is 0.0877. The van der Waals surface area contributed by atoms with E-state index in [4.69, 9.17) is 4.74 Å². The van der Waals surface area contributed by atoms with E-state index in [1.807, 2.05) is 59.7 Å². The molecule has 0 aliphatic heterocycles. The molecule has 0 unspecified atom stereocenters. The summed E-state index contributed by atoms with van der Waals surface area (Å²) in [5.41, 5.74) is 1.80. The van der Waals surface area contributed by atoms with Crippen molar-refractivity contribution < 1.29 is 9.53 Å². The Hall–Kier alpha value is -2.87. The van der Waals surface area contributed by atoms with Crippen LogP contribution in [-0.2, 0) is 4.79 Å². The standard InChI is InChI=1S/C20H23N5O2S/c1-4-24(5-2)18(26)14-28-20-23-22-19(15-10-12-21-13-11-15)25(20)16-6-8-17(27-3)9-7-16/h6-13H,4-5,14H2,1-3H3. The van der Waals surface area contributed by atoms with Gasteiger partial charge in [0.25, 0.3) is 0 Å². The Morgan fingerprint density at radius 1 is 1.07 bits per heavy atom. The first-order chi connectivity index (χ1) is 13.7. The second kappa shape index (κ2) is 9.36. The fraction of sp³-hybridized carbons (Fsp3) is 0.300. The number of carbonyl (C=O) groups excluding carboxylic acids is 1. The van der Waals surface area contributed by atoms with Crippen LogP contribution in [0.2, 0.25) is 0 Å². The summed E-state index contributed by atoms with van der Waals surface area (Å²) in [6, 6.07) is 11.5. The predicted octanol–water partition coefficient (Wildman–Crippen LogP) is 3.30. The van der Waals surface area contributed by atoms with Gasteiger partial charge in [0.2, 0.25) is 5.91 Å². The molecular formula is C20H23N5O2S. The van der Waals surface area contributed by atoms with E-state index in [-0.39, 0.29) is 5.91 Å². The minimum atomic E-state index is 0.0877. The number of pyridine rings is 1. The number of rotatable bonds is 8. The summed E-state index contributed by atoms with van der Waals surface area (Å²) in [6.45, 7) is 5.35. The fourth-order valence-corrected chi connectivity index (χ4v) is 3.66. The first-order valence-corrected chi connectivity index (χ1v) is 10.1. The van der Waals surface area contributed by atoms with Gasteiger partial charge in [0.1, 0.15) is 5.75 Å². The number of ether oxygens (including phenoxy) is 1. The molecule has 2 heterocycles. The van der Waals surface area contributed by atoms with E-state index in [0.29, 0.717) is 29.8 Å². The van der Waals surface area contributed by atoms with Crippen LogP contribution in [0.1, 0.15) is 13.8 Å². The number of aromatic nitrogens is 4. The Morgan fingerprint density at radius 2 is 1.75 bits per heavy atom. The predicted molar refractivity (Wildman–Crippen MR) is 110 cm³/mol. The van der Waals surface area contributed by atoms with Crippen LogP contribution in [0.4, 0.5) is 0 Å². The topological polar surface area (TPSA) is 73.1 Å². The third-order valence-electron chi connectivity index (χ3n) is 4.34. The number of methoxy groups -OCH3 is 1. The van der Waals surface area contributed by atoms with Crippen LogP contribution in [-0.4, -0.2) is 56.5 Å². The highest BCUT2D eigenvalue weighted by atomic mass is 32.2. The van der Waals surface area contributed by atoms with Crippen molar-refractivity contribution in [1.29, 1.82) is 0 Å². The molecule has 0 radical (unpaired) electrons. The average Bonchev–Trinajstić information content (AvgIpc) is 3.17. The normalized spacial score (nSPS) is 10.7. The lowest BCUT2D eigenvalue weighted by atomic mass is 10.2. The highest BCUT2D eigenvalue weighted by Gasteiger charge is 2.18. The molecule has 0 aliphatic rings. The molecule has 146 valence electrons. The summed E-state index contributed by atoms with van der Waals surface area (Å²) in [4.78, 5) is 18.3. The summed E-state index contributed by atoms with van der Waals surface area (Å²) in [5, 5.41) is 9.39. The Labute approximate surface area is 168 Å². The Kier molecular flexibility index (Phi) is 6.65. The second-order valence-corrected chi connectivity index (χ2v) is 6.87.